The van der Waals surface area contributed by atoms with Crippen LogP contribution >= 0.6 is 0 Å². The molecule has 0 bridgehead atoms. The van der Waals surface area contributed by atoms with Crippen molar-refractivity contribution in [1.82, 2.24) is 5.32 Å². The van der Waals surface area contributed by atoms with Gasteiger partial charge in [-0.2, -0.15) is 0 Å². The zero-order valence-corrected chi connectivity index (χ0v) is 32.1. The van der Waals surface area contributed by atoms with Crippen molar-refractivity contribution in [1.29, 1.82) is 0 Å². The molecule has 6 aliphatic rings. The molecule has 0 radical (unpaired) electrons. The number of nitrogens with one attached hydrogen (secondary N) is 1. The molecule has 3 aliphatic heterocycles. The first-order valence-corrected chi connectivity index (χ1v) is 20.7. The van der Waals surface area contributed by atoms with E-state index in [-0.39, 0.29) is 36.6 Å². The van der Waals surface area contributed by atoms with E-state index < -0.39 is 78.5 Å². The zero-order chi connectivity index (χ0) is 39.3. The molecule has 1 amide bonds. The number of ether oxygens (including phenoxy) is 3. The van der Waals surface area contributed by atoms with E-state index in [4.69, 9.17) is 19.9 Å². The number of primary amides is 1. The molecule has 3 saturated carbocycles. The van der Waals surface area contributed by atoms with Crippen LogP contribution in [0.2, 0.25) is 0 Å². The summed E-state index contributed by atoms with van der Waals surface area (Å²) in [6.07, 6.45) is 9.01. The van der Waals surface area contributed by atoms with Gasteiger partial charge in [-0.15, -0.1) is 4.99 Å². The molecule has 13 atom stereocenters. The molecule has 6 rings (SSSR count). The Balaban J connectivity index is 1.12. The van der Waals surface area contributed by atoms with E-state index in [1.54, 1.807) is 6.54 Å². The molecule has 0 aromatic rings. The van der Waals surface area contributed by atoms with Crippen molar-refractivity contribution >= 4 is 18.1 Å². The monoisotopic (exact) mass is 774 g/mol. The van der Waals surface area contributed by atoms with Crippen LogP contribution in [0.15, 0.2) is 28.8 Å². The minimum Gasteiger partial charge on any atom is -0.479 e. The molecule has 2 saturated heterocycles. The predicted octanol–water partition coefficient (Wildman–Crippen LogP) is 2.15. The average molecular weight is 775 g/mol. The molecule has 14 nitrogen and oxygen atoms in total. The molecule has 9 N–H and O–H groups in total. The highest BCUT2D eigenvalue weighted by Crippen LogP contribution is 2.46. The smallest absolute Gasteiger partial charge is 0.335 e. The molecular weight excluding hydrogens is 710 g/mol. The summed E-state index contributed by atoms with van der Waals surface area (Å²) < 4.78 is 18.4. The SMILES string of the molecule is C[C@H](CC=CC1CCCCC1)[C@H](CNC[C@@]1(O)[C@H](OC2CCC3C(C2)OC(C(N)=O)C(C2CCC(O)CC2)C3O)O[C@H](C(=O)O)[C@@H](O)[C@@H]1O)CC1=C[CH+]N=C1. The van der Waals surface area contributed by atoms with Crippen molar-refractivity contribution in [2.45, 2.75) is 158 Å². The van der Waals surface area contributed by atoms with Gasteiger partial charge in [0.15, 0.2) is 24.2 Å². The Hall–Kier alpha value is -2.40. The number of carbonyl (C=O) groups is 2. The maximum absolute atomic E-state index is 12.7. The van der Waals surface area contributed by atoms with Crippen LogP contribution in [0, 0.1) is 42.1 Å². The van der Waals surface area contributed by atoms with E-state index in [2.05, 4.69) is 29.4 Å². The third-order valence-electron chi connectivity index (χ3n) is 13.5. The van der Waals surface area contributed by atoms with E-state index in [9.17, 15) is 40.2 Å². The summed E-state index contributed by atoms with van der Waals surface area (Å²) in [6.45, 7) is 4.13. The Morgan fingerprint density at radius 1 is 1.04 bits per heavy atom. The van der Waals surface area contributed by atoms with Gasteiger partial charge in [-0.05, 0) is 88.0 Å². The van der Waals surface area contributed by atoms with Gasteiger partial charge in [0.2, 0.25) is 5.91 Å². The first-order valence-electron chi connectivity index (χ1n) is 20.7. The van der Waals surface area contributed by atoms with Crippen LogP contribution in [0.4, 0.5) is 0 Å². The number of nitrogens with zero attached hydrogens (tertiary/aromatic N) is 1. The van der Waals surface area contributed by atoms with Crippen LogP contribution in [0.1, 0.15) is 96.8 Å². The molecule has 3 aliphatic carbocycles. The van der Waals surface area contributed by atoms with Gasteiger partial charge in [0.1, 0.15) is 30.4 Å². The van der Waals surface area contributed by atoms with Gasteiger partial charge in [-0.1, -0.05) is 38.3 Å². The second-order valence-electron chi connectivity index (χ2n) is 17.3. The topological polar surface area (TPSA) is 234 Å². The third-order valence-corrected chi connectivity index (χ3v) is 13.5. The lowest BCUT2D eigenvalue weighted by Gasteiger charge is -2.52. The standard InChI is InChI=1S/C41H63N3O11/c1-23(6-5-9-24-7-3-2-4-8-24)27(18-25-16-17-43-20-25)21-44-22-41(52)37(48)34(47)36(39(50)51)55-40(41)53-29-14-15-30-31(19-29)54-35(38(42)49)32(33(30)46)26-10-12-28(45)13-11-26/h5,9,16-17,20,23-24,26-37,40,44-48,52H,2-4,6-8,10-15,18-19,21-22H2,1H3,(H2-,42,49,50,51)/p+1/t23-,26?,27+,28?,29?,30?,31?,32?,33?,34-,35?,36+,37+,40-,41+/m1/s1. The fourth-order valence-electron chi connectivity index (χ4n) is 10.1. The number of fused-ring (bicyclic) bond motifs is 1. The first-order chi connectivity index (χ1) is 26.4. The number of aliphatic hydroxyl groups excluding tert-OH is 4. The summed E-state index contributed by atoms with van der Waals surface area (Å²) in [6, 6.07) is 0. The van der Waals surface area contributed by atoms with Crippen LogP contribution in [0.3, 0.4) is 0 Å². The summed E-state index contributed by atoms with van der Waals surface area (Å²) >= 11 is 0. The Kier molecular flexibility index (Phi) is 14.5. The summed E-state index contributed by atoms with van der Waals surface area (Å²) in [5, 5.41) is 69.1. The second kappa shape index (κ2) is 18.9. The van der Waals surface area contributed by atoms with Gasteiger partial charge < -0.3 is 55.9 Å². The Labute approximate surface area is 324 Å². The van der Waals surface area contributed by atoms with E-state index in [0.717, 1.165) is 18.4 Å². The van der Waals surface area contributed by atoms with Crippen molar-refractivity contribution in [3.05, 3.63) is 30.3 Å². The van der Waals surface area contributed by atoms with Gasteiger partial charge in [-0.25, -0.2) is 4.79 Å². The summed E-state index contributed by atoms with van der Waals surface area (Å²) in [4.78, 5) is 29.0. The number of carboxylic acids is 1. The number of carbonyl (C=O) groups excluding carboxylic acids is 1. The average Bonchev–Trinajstić information content (AvgIpc) is 3.68. The van der Waals surface area contributed by atoms with E-state index in [1.165, 1.54) is 32.1 Å². The molecule has 55 heavy (non-hydrogen) atoms. The normalized spacial score (nSPS) is 40.9. The fraction of sp³-hybridized carbons (Fsp3) is 0.805. The lowest BCUT2D eigenvalue weighted by Crippen LogP contribution is -2.71. The first kappa shape index (κ1) is 42.2. The molecule has 3 heterocycles. The van der Waals surface area contributed by atoms with Gasteiger partial charge in [-0.3, -0.25) is 4.79 Å². The largest absolute Gasteiger partial charge is 0.479 e. The maximum atomic E-state index is 12.7. The minimum absolute atomic E-state index is 0.0215. The lowest BCUT2D eigenvalue weighted by atomic mass is 9.66. The minimum atomic E-state index is -2.24. The highest BCUT2D eigenvalue weighted by atomic mass is 16.7. The van der Waals surface area contributed by atoms with Crippen LogP contribution < -0.4 is 11.1 Å². The summed E-state index contributed by atoms with van der Waals surface area (Å²) in [7, 11) is 0. The molecule has 0 spiro atoms. The van der Waals surface area contributed by atoms with Crippen molar-refractivity contribution in [3.63, 3.8) is 0 Å². The van der Waals surface area contributed by atoms with Crippen molar-refractivity contribution in [3.8, 4) is 0 Å². The van der Waals surface area contributed by atoms with Gasteiger partial charge >= 0.3 is 5.97 Å². The number of hydrogen-bond donors (Lipinski definition) is 8. The number of hydrogen-bond acceptors (Lipinski definition) is 12. The highest BCUT2D eigenvalue weighted by molar-refractivity contribution is 5.82. The molecular formula is C41H64N3O11+. The highest BCUT2D eigenvalue weighted by Gasteiger charge is 2.59. The number of allylic oxidation sites excluding steroid dienone is 3. The Morgan fingerprint density at radius 3 is 2.45 bits per heavy atom. The van der Waals surface area contributed by atoms with Crippen LogP contribution in [-0.4, -0.2) is 123 Å². The van der Waals surface area contributed by atoms with Gasteiger partial charge in [0, 0.05) is 31.2 Å². The number of aliphatic hydroxyl groups is 5. The fourth-order valence-corrected chi connectivity index (χ4v) is 10.1. The van der Waals surface area contributed by atoms with E-state index >= 15 is 0 Å². The van der Waals surface area contributed by atoms with Crippen LogP contribution in [-0.2, 0) is 23.8 Å². The zero-order valence-electron chi connectivity index (χ0n) is 32.1. The summed E-state index contributed by atoms with van der Waals surface area (Å²) in [5.41, 5.74) is 4.67. The van der Waals surface area contributed by atoms with Crippen LogP contribution in [0.5, 0.6) is 0 Å². The molecule has 5 fully saturated rings. The van der Waals surface area contributed by atoms with Gasteiger partial charge in [0.25, 0.3) is 0 Å². The summed E-state index contributed by atoms with van der Waals surface area (Å²) in [5.74, 6) is -2.01. The number of amides is 1. The number of aliphatic imine (C=N–C) groups is 1. The number of nitrogens with two attached hydrogens (primary N) is 1. The molecule has 308 valence electrons. The van der Waals surface area contributed by atoms with E-state index in [0.29, 0.717) is 51.0 Å². The second-order valence-corrected chi connectivity index (χ2v) is 17.3. The Morgan fingerprint density at radius 2 is 1.78 bits per heavy atom. The molecule has 14 heteroatoms. The lowest BCUT2D eigenvalue weighted by molar-refractivity contribution is -0.346. The number of rotatable bonds is 15. The number of aliphatic carboxylic acids is 1. The quantitative estimate of drug-likeness (QED) is 0.0884. The molecule has 6 unspecified atom stereocenters. The van der Waals surface area contributed by atoms with Crippen molar-refractivity contribution in [2.75, 3.05) is 13.1 Å². The molecule has 0 aromatic carbocycles. The van der Waals surface area contributed by atoms with Crippen molar-refractivity contribution in [2.24, 2.45) is 46.2 Å². The van der Waals surface area contributed by atoms with Crippen LogP contribution in [0.25, 0.3) is 0 Å². The number of carboxylic acid groups (broad SMARTS) is 1. The third kappa shape index (κ3) is 10.0. The Bertz CT molecular complexity index is 1380. The van der Waals surface area contributed by atoms with Crippen molar-refractivity contribution < 1.29 is 54.4 Å². The predicted molar refractivity (Wildman–Crippen MR) is 202 cm³/mol. The van der Waals surface area contributed by atoms with E-state index in [1.807, 2.05) is 12.3 Å². The maximum Gasteiger partial charge on any atom is 0.335 e. The molecule has 0 aromatic heterocycles. The van der Waals surface area contributed by atoms with Gasteiger partial charge in [0.05, 0.1) is 30.5 Å².